The van der Waals surface area contributed by atoms with Gasteiger partial charge in [-0.25, -0.2) is 32.5 Å². The summed E-state index contributed by atoms with van der Waals surface area (Å²) in [5, 5.41) is 108. The summed E-state index contributed by atoms with van der Waals surface area (Å²) in [6.45, 7) is 8.77. The van der Waals surface area contributed by atoms with E-state index in [4.69, 9.17) is 52.4 Å². The normalized spacial score (nSPS) is 36.7. The Bertz CT molecular complexity index is 3220. The molecule has 0 aliphatic carbocycles. The minimum Gasteiger partial charge on any atom is -0.393 e. The summed E-state index contributed by atoms with van der Waals surface area (Å²) in [5.74, 6) is -4.01. The average Bonchev–Trinajstić information content (AvgIpc) is 2.07. The fourth-order valence-electron chi connectivity index (χ4n) is 9.09. The number of H-pyrrole nitrogens is 1. The molecule has 0 unspecified atom stereocenters. The van der Waals surface area contributed by atoms with E-state index in [0.29, 0.717) is 0 Å². The number of aryl methyl sites for hydroxylation is 1. The van der Waals surface area contributed by atoms with Crippen molar-refractivity contribution in [2.24, 2.45) is 21.0 Å². The van der Waals surface area contributed by atoms with Crippen molar-refractivity contribution >= 4 is 28.8 Å². The fourth-order valence-corrected chi connectivity index (χ4v) is 9.09. The van der Waals surface area contributed by atoms with Gasteiger partial charge >= 0.3 is 0 Å². The molecule has 0 aromatic carbocycles. The number of aliphatic hydroxyl groups is 10. The van der Waals surface area contributed by atoms with E-state index in [-0.39, 0.29) is 40.3 Å². The molecule has 4 fully saturated rings. The summed E-state index contributed by atoms with van der Waals surface area (Å²) in [7, 11) is 0. The Morgan fingerprint density at radius 2 is 1.25 bits per heavy atom. The first-order chi connectivity index (χ1) is 39.4. The van der Waals surface area contributed by atoms with E-state index in [0.717, 1.165) is 30.0 Å². The molecular formula is C46H57F4N17O17. The van der Waals surface area contributed by atoms with E-state index < -0.39 is 153 Å². The van der Waals surface area contributed by atoms with Gasteiger partial charge in [-0.2, -0.15) is 0 Å². The first-order valence-electron chi connectivity index (χ1n) is 24.2. The van der Waals surface area contributed by atoms with E-state index in [1.54, 1.807) is 0 Å². The summed E-state index contributed by atoms with van der Waals surface area (Å²) < 4.78 is 78.9. The zero-order chi connectivity index (χ0) is 62.7. The van der Waals surface area contributed by atoms with Crippen molar-refractivity contribution in [3.05, 3.63) is 117 Å². The highest BCUT2D eigenvalue weighted by Crippen LogP contribution is 2.46. The zero-order valence-corrected chi connectivity index (χ0v) is 44.0. The Morgan fingerprint density at radius 1 is 0.774 bits per heavy atom. The van der Waals surface area contributed by atoms with Crippen molar-refractivity contribution in [2.45, 2.75) is 110 Å². The highest BCUT2D eigenvalue weighted by atomic mass is 19.2. The molecule has 0 bridgehead atoms. The number of terminal acetylenes is 1. The predicted octanol–water partition coefficient (Wildman–Crippen LogP) is -3.89. The first kappa shape index (κ1) is 65.1. The third-order valence-corrected chi connectivity index (χ3v) is 13.7. The third kappa shape index (κ3) is 12.0. The molecule has 0 saturated carbocycles. The average molecular weight is 1200 g/mol. The largest absolute Gasteiger partial charge is 0.393 e. The van der Waals surface area contributed by atoms with Crippen molar-refractivity contribution in [2.75, 3.05) is 39.5 Å². The molecule has 7 aliphatic heterocycles. The molecule has 7 aliphatic rings. The molecular weight excluding hydrogens is 1140 g/mol. The number of alkyl halides is 4. The molecule has 0 radical (unpaired) electrons. The number of aromatic nitrogens is 4. The van der Waals surface area contributed by atoms with Gasteiger partial charge in [0.2, 0.25) is 5.60 Å². The number of amidine groups is 1. The van der Waals surface area contributed by atoms with Gasteiger partial charge < -0.3 is 106 Å². The van der Waals surface area contributed by atoms with Crippen molar-refractivity contribution in [3.8, 4) is 12.3 Å². The van der Waals surface area contributed by atoms with Gasteiger partial charge in [0.1, 0.15) is 77.5 Å². The van der Waals surface area contributed by atoms with Crippen LogP contribution in [0.4, 0.5) is 17.6 Å². The summed E-state index contributed by atoms with van der Waals surface area (Å²) in [5.41, 5.74) is 13.6. The lowest BCUT2D eigenvalue weighted by Crippen LogP contribution is -2.54. The minimum absolute atomic E-state index is 0.0145. The standard InChI is InChI=1S/C13H13FN4O5.C11H15FN6O3.C11H14FN5O4.C11H15FN2O5/c1-3-12(22)10(21)13(14,4-19)23-11(12)18-5-15-7-8(18)16-6(2)17-9(7)20;1-6-16-7(13)2-3-18(6)10-8(12)9(20)11(5-19,21-10)4-15-17-14;1-6-15-7(19)2-3-17(6)10-8(12)9(20)11(5-18,21-10)4-14-16-13;1-6-13-7(16)3-4-14(6)9-10(2,18)8(17)11(12,5-15)19-9/h1,5,10-11,19,21-22H,4H2,2H3,(H,16,17,20);2-3,8-10,19-20H,1,4-5H2,(H2,13,16);2-3,8-10,18,20H,1,4-5H2,(H,15,19);3-4,8-9,15,17-18H,1,5H2,2H3,(H,13,16)/t10-,11+,12+,13+;2*8-,9+,10-,11-;8-,9+,10+,11+/m0110/s1. The second-order valence-electron chi connectivity index (χ2n) is 19.3. The topological polar surface area (TPSA) is 507 Å². The Morgan fingerprint density at radius 3 is 1.70 bits per heavy atom. The number of nitrogens with two attached hydrogens (primary N) is 1. The molecule has 34 nitrogen and oxygen atoms in total. The molecule has 15 N–H and O–H groups in total. The van der Waals surface area contributed by atoms with Crippen LogP contribution < -0.4 is 21.9 Å². The molecule has 9 rings (SSSR count). The monoisotopic (exact) mass is 1200 g/mol. The number of nitrogens with one attached hydrogen (secondary N) is 3. The highest BCUT2D eigenvalue weighted by molar-refractivity contribution is 5.92. The van der Waals surface area contributed by atoms with Crippen molar-refractivity contribution in [1.29, 1.82) is 0 Å². The lowest BCUT2D eigenvalue weighted by atomic mass is 9.94. The number of azide groups is 2. The van der Waals surface area contributed by atoms with Crippen LogP contribution in [0.1, 0.15) is 19.0 Å². The van der Waals surface area contributed by atoms with Gasteiger partial charge in [0, 0.05) is 40.6 Å². The maximum absolute atomic E-state index is 14.4. The lowest BCUT2D eigenvalue weighted by Gasteiger charge is -2.36. The van der Waals surface area contributed by atoms with Crippen molar-refractivity contribution in [1.82, 2.24) is 44.9 Å². The van der Waals surface area contributed by atoms with E-state index in [9.17, 15) is 72.8 Å². The number of ether oxygens (including phenoxy) is 4. The van der Waals surface area contributed by atoms with Crippen LogP contribution in [0.15, 0.2) is 100 Å². The summed E-state index contributed by atoms with van der Waals surface area (Å²) in [4.78, 5) is 56.9. The molecule has 2 aromatic rings. The van der Waals surface area contributed by atoms with Crippen molar-refractivity contribution < 1.29 is 97.2 Å². The number of rotatable bonds is 12. The molecule has 16 atom stereocenters. The fraction of sp³-hybridized carbons (Fsp3) is 0.522. The maximum atomic E-state index is 14.4. The second kappa shape index (κ2) is 25.0. The SMILES string of the molecule is C#C[C@]1(O)[C@H](n2cnc3c(=O)[nH]c(C)nc32)O[C@](F)(CO)[C@H]1O.C=C1N=C(N)C=CN1[C@@H]1O[C@@](CO)(CN=[N+]=[N-])[C@@H](O)[C@H]1F.C=C1NC(=O)C=CN1[C@@H]1O[C@@](CO)(CN=[N+]=[N-])[C@@H](O)[C@H]1F.C=C1NC(=O)C=CN1[C@@H]1O[C@](F)(CO)[C@@H](O)[C@@]1(C)O. The molecule has 38 heteroatoms. The molecule has 2 aromatic heterocycles. The number of aliphatic hydroxyl groups excluding tert-OH is 8. The number of hydrogen-bond acceptors (Lipinski definition) is 26. The number of amides is 2. The van der Waals surface area contributed by atoms with Gasteiger partial charge in [0.25, 0.3) is 29.1 Å². The summed E-state index contributed by atoms with van der Waals surface area (Å²) in [6.07, 6.45) is -2.93. The van der Waals surface area contributed by atoms with Crippen LogP contribution >= 0.6 is 0 Å². The Labute approximate surface area is 469 Å². The Hall–Kier alpha value is -8.06. The van der Waals surface area contributed by atoms with E-state index in [1.165, 1.54) is 46.3 Å². The van der Waals surface area contributed by atoms with Gasteiger partial charge in [-0.3, -0.25) is 19.0 Å². The van der Waals surface area contributed by atoms with Crippen LogP contribution in [0, 0.1) is 19.3 Å². The Kier molecular flexibility index (Phi) is 19.4. The van der Waals surface area contributed by atoms with Crippen LogP contribution in [0.25, 0.3) is 32.0 Å². The smallest absolute Gasteiger partial charge is 0.279 e. The van der Waals surface area contributed by atoms with Gasteiger partial charge in [0.05, 0.1) is 32.6 Å². The number of imidazole rings is 1. The van der Waals surface area contributed by atoms with Gasteiger partial charge in [-0.05, 0) is 31.0 Å². The lowest BCUT2D eigenvalue weighted by molar-refractivity contribution is -0.210. The number of nitrogens with zero attached hydrogens (tertiary/aromatic N) is 13. The zero-order valence-electron chi connectivity index (χ0n) is 44.0. The van der Waals surface area contributed by atoms with Gasteiger partial charge in [0.15, 0.2) is 54.5 Å². The number of hydrogen-bond donors (Lipinski definition) is 14. The van der Waals surface area contributed by atoms with E-state index >= 15 is 0 Å². The highest BCUT2D eigenvalue weighted by Gasteiger charge is 2.66. The summed E-state index contributed by atoms with van der Waals surface area (Å²) in [6, 6.07) is 0. The third-order valence-electron chi connectivity index (χ3n) is 13.7. The number of aliphatic imine (C=N–C) groups is 1. The van der Waals surface area contributed by atoms with Crippen LogP contribution in [0.2, 0.25) is 0 Å². The van der Waals surface area contributed by atoms with Crippen LogP contribution in [-0.2, 0) is 28.5 Å². The van der Waals surface area contributed by atoms with Crippen LogP contribution in [0.3, 0.4) is 0 Å². The molecule has 4 saturated heterocycles. The molecule has 84 heavy (non-hydrogen) atoms. The maximum Gasteiger partial charge on any atom is 0.279 e. The molecule has 0 spiro atoms. The Balaban J connectivity index is 0.000000180. The number of aromatic amines is 1. The number of fused-ring (bicyclic) bond motifs is 1. The second-order valence-corrected chi connectivity index (χ2v) is 19.3. The first-order valence-corrected chi connectivity index (χ1v) is 24.2. The minimum atomic E-state index is -2.97. The molecule has 2 amide bonds. The molecule has 9 heterocycles. The van der Waals surface area contributed by atoms with Gasteiger partial charge in [-0.15, -0.1) is 6.42 Å². The van der Waals surface area contributed by atoms with Crippen LogP contribution in [-0.4, -0.2) is 232 Å². The van der Waals surface area contributed by atoms with Crippen LogP contribution in [0.5, 0.6) is 0 Å². The number of carbonyl (C=O) groups is 2. The van der Waals surface area contributed by atoms with Crippen molar-refractivity contribution in [3.63, 3.8) is 0 Å². The van der Waals surface area contributed by atoms with E-state index in [2.05, 4.69) is 70.4 Å². The van der Waals surface area contributed by atoms with Gasteiger partial charge in [-0.1, -0.05) is 35.9 Å². The number of halogens is 4. The molecule has 456 valence electrons. The summed E-state index contributed by atoms with van der Waals surface area (Å²) >= 11 is 0. The van der Waals surface area contributed by atoms with E-state index in [1.807, 2.05) is 5.92 Å². The predicted molar refractivity (Wildman–Crippen MR) is 274 cm³/mol. The number of carbonyl (C=O) groups excluding carboxylic acids is 2. The quantitative estimate of drug-likeness (QED) is 0.0318.